The van der Waals surface area contributed by atoms with Crippen LogP contribution in [0.15, 0.2) is 0 Å². The average molecular weight is 259 g/mol. The molecule has 0 aliphatic heterocycles. The predicted molar refractivity (Wildman–Crippen MR) is 74.6 cm³/mol. The zero-order valence-electron chi connectivity index (χ0n) is 10.7. The Morgan fingerprint density at radius 3 is 2.62 bits per heavy atom. The lowest BCUT2D eigenvalue weighted by Crippen LogP contribution is -2.15. The highest BCUT2D eigenvalue weighted by Gasteiger charge is 2.19. The summed E-state index contributed by atoms with van der Waals surface area (Å²) in [6.45, 7) is 9.62. The highest BCUT2D eigenvalue weighted by molar-refractivity contribution is 7.98. The topological polar surface area (TPSA) is 37.8 Å². The van der Waals surface area contributed by atoms with Crippen LogP contribution in [0.1, 0.15) is 33.5 Å². The Bertz CT molecular complexity index is 317. The van der Waals surface area contributed by atoms with Crippen molar-refractivity contribution in [3.8, 4) is 0 Å². The molecule has 1 rings (SSSR count). The van der Waals surface area contributed by atoms with Gasteiger partial charge in [-0.3, -0.25) is 0 Å². The van der Waals surface area contributed by atoms with E-state index in [0.29, 0.717) is 5.92 Å². The molecular formula is C11H21N3S2. The molecule has 0 saturated carbocycles. The minimum absolute atomic E-state index is 0.0430. The highest BCUT2D eigenvalue weighted by Crippen LogP contribution is 2.23. The fourth-order valence-electron chi connectivity index (χ4n) is 1.20. The molecule has 0 aliphatic rings. The summed E-state index contributed by atoms with van der Waals surface area (Å²) in [7, 11) is 0. The first-order valence-electron chi connectivity index (χ1n) is 5.50. The van der Waals surface area contributed by atoms with Gasteiger partial charge in [-0.15, -0.1) is 0 Å². The van der Waals surface area contributed by atoms with Gasteiger partial charge in [-0.25, -0.2) is 4.98 Å². The lowest BCUT2D eigenvalue weighted by molar-refractivity contribution is 0.555. The Labute approximate surface area is 107 Å². The maximum atomic E-state index is 4.50. The largest absolute Gasteiger partial charge is 0.360 e. The van der Waals surface area contributed by atoms with Gasteiger partial charge in [-0.1, -0.05) is 27.7 Å². The Balaban J connectivity index is 2.47. The van der Waals surface area contributed by atoms with Crippen molar-refractivity contribution in [1.29, 1.82) is 0 Å². The van der Waals surface area contributed by atoms with E-state index in [1.165, 1.54) is 17.3 Å². The van der Waals surface area contributed by atoms with Crippen LogP contribution in [0.2, 0.25) is 0 Å². The maximum absolute atomic E-state index is 4.50. The summed E-state index contributed by atoms with van der Waals surface area (Å²) in [5.41, 5.74) is 0.0430. The van der Waals surface area contributed by atoms with Crippen LogP contribution in [0.5, 0.6) is 0 Å². The Morgan fingerprint density at radius 1 is 1.44 bits per heavy atom. The molecule has 1 aromatic rings. The Kier molecular flexibility index (Phi) is 5.05. The molecule has 0 saturated heterocycles. The number of anilines is 1. The zero-order valence-corrected chi connectivity index (χ0v) is 12.3. The van der Waals surface area contributed by atoms with Gasteiger partial charge in [0.15, 0.2) is 0 Å². The van der Waals surface area contributed by atoms with Gasteiger partial charge in [-0.05, 0) is 17.9 Å². The fraction of sp³-hybridized carbons (Fsp3) is 0.818. The standard InChI is InChI=1S/C11H21N3S2/c1-8(7-15-5)6-12-10-13-9(14-16-10)11(2,3)4/h8H,6-7H2,1-5H3,(H,12,13,14). The van der Waals surface area contributed by atoms with Crippen molar-refractivity contribution in [1.82, 2.24) is 9.36 Å². The number of aromatic nitrogens is 2. The second kappa shape index (κ2) is 5.87. The average Bonchev–Trinajstić information content (AvgIpc) is 2.63. The smallest absolute Gasteiger partial charge is 0.202 e. The molecule has 1 heterocycles. The van der Waals surface area contributed by atoms with Gasteiger partial charge < -0.3 is 5.32 Å². The molecule has 16 heavy (non-hydrogen) atoms. The molecule has 92 valence electrons. The third-order valence-electron chi connectivity index (χ3n) is 2.15. The van der Waals surface area contributed by atoms with Crippen molar-refractivity contribution in [3.05, 3.63) is 5.82 Å². The molecule has 0 radical (unpaired) electrons. The van der Waals surface area contributed by atoms with Crippen LogP contribution in [-0.2, 0) is 5.41 Å². The van der Waals surface area contributed by atoms with Crippen LogP contribution in [0.3, 0.4) is 0 Å². The first-order chi connectivity index (χ1) is 7.43. The third kappa shape index (κ3) is 4.29. The lowest BCUT2D eigenvalue weighted by atomic mass is 9.96. The summed E-state index contributed by atoms with van der Waals surface area (Å²) in [5.74, 6) is 2.77. The molecule has 0 aliphatic carbocycles. The molecule has 1 N–H and O–H groups in total. The SMILES string of the molecule is CSCC(C)CNc1nc(C(C)(C)C)ns1. The molecule has 1 atom stereocenters. The maximum Gasteiger partial charge on any atom is 0.202 e. The van der Waals surface area contributed by atoms with Crippen LogP contribution in [0, 0.1) is 5.92 Å². The fourth-order valence-corrected chi connectivity index (χ4v) is 2.65. The first kappa shape index (κ1) is 13.8. The van der Waals surface area contributed by atoms with Crippen molar-refractivity contribution in [2.24, 2.45) is 5.92 Å². The summed E-state index contributed by atoms with van der Waals surface area (Å²) in [6.07, 6.45) is 2.14. The van der Waals surface area contributed by atoms with Crippen LogP contribution < -0.4 is 5.32 Å². The van der Waals surface area contributed by atoms with Gasteiger partial charge in [0.2, 0.25) is 5.13 Å². The summed E-state index contributed by atoms with van der Waals surface area (Å²) in [6, 6.07) is 0. The monoisotopic (exact) mass is 259 g/mol. The van der Waals surface area contributed by atoms with Gasteiger partial charge in [0.1, 0.15) is 5.82 Å². The van der Waals surface area contributed by atoms with E-state index in [0.717, 1.165) is 17.5 Å². The van der Waals surface area contributed by atoms with Crippen LogP contribution >= 0.6 is 23.3 Å². The van der Waals surface area contributed by atoms with Gasteiger partial charge in [0.25, 0.3) is 0 Å². The predicted octanol–water partition coefficient (Wildman–Crippen LogP) is 3.25. The van der Waals surface area contributed by atoms with E-state index >= 15 is 0 Å². The molecule has 0 fully saturated rings. The van der Waals surface area contributed by atoms with E-state index < -0.39 is 0 Å². The van der Waals surface area contributed by atoms with Crippen LogP contribution in [0.25, 0.3) is 0 Å². The summed E-state index contributed by atoms with van der Waals surface area (Å²) in [4.78, 5) is 4.50. The Morgan fingerprint density at radius 2 is 2.12 bits per heavy atom. The minimum Gasteiger partial charge on any atom is -0.360 e. The molecule has 1 aromatic heterocycles. The number of hydrogen-bond donors (Lipinski definition) is 1. The van der Waals surface area contributed by atoms with Gasteiger partial charge in [0, 0.05) is 23.5 Å². The van der Waals surface area contributed by atoms with Crippen LogP contribution in [0.4, 0.5) is 5.13 Å². The van der Waals surface area contributed by atoms with Crippen LogP contribution in [-0.4, -0.2) is 27.9 Å². The van der Waals surface area contributed by atoms with Gasteiger partial charge in [-0.2, -0.15) is 16.1 Å². The zero-order chi connectivity index (χ0) is 12.2. The van der Waals surface area contributed by atoms with E-state index in [1.807, 2.05) is 11.8 Å². The molecule has 0 spiro atoms. The van der Waals surface area contributed by atoms with Crippen molar-refractivity contribution < 1.29 is 0 Å². The normalized spacial score (nSPS) is 13.8. The van der Waals surface area contributed by atoms with E-state index in [4.69, 9.17) is 0 Å². The van der Waals surface area contributed by atoms with Crippen molar-refractivity contribution in [3.63, 3.8) is 0 Å². The van der Waals surface area contributed by atoms with Crippen molar-refractivity contribution >= 4 is 28.4 Å². The number of rotatable bonds is 5. The molecule has 1 unspecified atom stereocenters. The van der Waals surface area contributed by atoms with E-state index in [9.17, 15) is 0 Å². The van der Waals surface area contributed by atoms with Crippen molar-refractivity contribution in [2.75, 3.05) is 23.9 Å². The number of nitrogens with zero attached hydrogens (tertiary/aromatic N) is 2. The molecular weight excluding hydrogens is 238 g/mol. The third-order valence-corrected chi connectivity index (χ3v) is 3.72. The van der Waals surface area contributed by atoms with Gasteiger partial charge >= 0.3 is 0 Å². The lowest BCUT2D eigenvalue weighted by Gasteiger charge is -2.12. The van der Waals surface area contributed by atoms with E-state index in [2.05, 4.69) is 48.6 Å². The van der Waals surface area contributed by atoms with E-state index in [1.54, 1.807) is 0 Å². The summed E-state index contributed by atoms with van der Waals surface area (Å²) < 4.78 is 4.37. The number of hydrogen-bond acceptors (Lipinski definition) is 5. The summed E-state index contributed by atoms with van der Waals surface area (Å²) in [5, 5.41) is 4.30. The first-order valence-corrected chi connectivity index (χ1v) is 7.67. The number of thioether (sulfide) groups is 1. The second-order valence-corrected chi connectivity index (χ2v) is 6.78. The molecule has 0 bridgehead atoms. The molecule has 0 aromatic carbocycles. The quantitative estimate of drug-likeness (QED) is 0.881. The molecule has 3 nitrogen and oxygen atoms in total. The summed E-state index contributed by atoms with van der Waals surface area (Å²) >= 11 is 3.34. The Hall–Kier alpha value is -0.290. The minimum atomic E-state index is 0.0430. The molecule has 0 amide bonds. The van der Waals surface area contributed by atoms with Crippen molar-refractivity contribution in [2.45, 2.75) is 33.1 Å². The molecule has 5 heteroatoms. The number of nitrogens with one attached hydrogen (secondary N) is 1. The van der Waals surface area contributed by atoms with E-state index in [-0.39, 0.29) is 5.41 Å². The van der Waals surface area contributed by atoms with Gasteiger partial charge in [0.05, 0.1) is 0 Å². The second-order valence-electron chi connectivity index (χ2n) is 5.11. The highest BCUT2D eigenvalue weighted by atomic mass is 32.2.